The van der Waals surface area contributed by atoms with Gasteiger partial charge in [0.05, 0.1) is 22.1 Å². The number of hydrogen-bond acceptors (Lipinski definition) is 5. The summed E-state index contributed by atoms with van der Waals surface area (Å²) in [6.45, 7) is 1.86. The quantitative estimate of drug-likeness (QED) is 0.715. The van der Waals surface area contributed by atoms with Crippen LogP contribution in [-0.4, -0.2) is 32.9 Å². The van der Waals surface area contributed by atoms with Crippen molar-refractivity contribution in [1.29, 1.82) is 0 Å². The first-order valence-electron chi connectivity index (χ1n) is 6.97. The molecule has 2 N–H and O–H groups in total. The van der Waals surface area contributed by atoms with Gasteiger partial charge in [-0.3, -0.25) is 9.59 Å². The molecule has 0 spiro atoms. The molecular weight excluding hydrogens is 322 g/mol. The minimum atomic E-state index is -1.06. The molecular formula is C15H17NO4S2. The van der Waals surface area contributed by atoms with Crippen LogP contribution in [0.1, 0.15) is 19.8 Å². The first kappa shape index (κ1) is 16.8. The molecule has 0 aliphatic heterocycles. The highest BCUT2D eigenvalue weighted by atomic mass is 32.2. The van der Waals surface area contributed by atoms with Crippen molar-refractivity contribution in [3.63, 3.8) is 0 Å². The Morgan fingerprint density at radius 2 is 1.91 bits per heavy atom. The number of carboxylic acid groups (broad SMARTS) is 2. The highest BCUT2D eigenvalue weighted by Crippen LogP contribution is 2.32. The van der Waals surface area contributed by atoms with Gasteiger partial charge in [0, 0.05) is 5.75 Å². The zero-order valence-corrected chi connectivity index (χ0v) is 13.7. The van der Waals surface area contributed by atoms with Gasteiger partial charge >= 0.3 is 11.9 Å². The Morgan fingerprint density at radius 3 is 2.50 bits per heavy atom. The number of hydrogen-bond donors (Lipinski definition) is 2. The second-order valence-electron chi connectivity index (χ2n) is 4.94. The second-order valence-corrected chi connectivity index (χ2v) is 7.23. The van der Waals surface area contributed by atoms with Crippen molar-refractivity contribution in [3.05, 3.63) is 24.3 Å². The molecule has 0 saturated heterocycles. The van der Waals surface area contributed by atoms with Crippen LogP contribution < -0.4 is 0 Å². The zero-order chi connectivity index (χ0) is 16.1. The molecule has 22 heavy (non-hydrogen) atoms. The maximum atomic E-state index is 11.4. The number of aromatic nitrogens is 1. The fourth-order valence-corrected chi connectivity index (χ4v) is 4.51. The third kappa shape index (κ3) is 3.98. The van der Waals surface area contributed by atoms with Gasteiger partial charge in [0.15, 0.2) is 4.34 Å². The van der Waals surface area contributed by atoms with Crippen LogP contribution in [0, 0.1) is 11.8 Å². The lowest BCUT2D eigenvalue weighted by atomic mass is 9.90. The van der Waals surface area contributed by atoms with E-state index < -0.39 is 23.8 Å². The molecule has 0 saturated carbocycles. The van der Waals surface area contributed by atoms with Crippen LogP contribution in [0.3, 0.4) is 0 Å². The first-order chi connectivity index (χ1) is 10.5. The van der Waals surface area contributed by atoms with Gasteiger partial charge in [0.25, 0.3) is 0 Å². The lowest BCUT2D eigenvalue weighted by Gasteiger charge is -2.18. The highest BCUT2D eigenvalue weighted by Gasteiger charge is 2.33. The van der Waals surface area contributed by atoms with Gasteiger partial charge in [-0.25, -0.2) is 4.98 Å². The predicted octanol–water partition coefficient (Wildman–Crippen LogP) is 3.59. The molecule has 2 aromatic rings. The molecule has 5 nitrogen and oxygen atoms in total. The molecule has 0 fully saturated rings. The summed E-state index contributed by atoms with van der Waals surface area (Å²) in [6, 6.07) is 7.69. The van der Waals surface area contributed by atoms with Crippen LogP contribution in [0.25, 0.3) is 10.2 Å². The summed E-state index contributed by atoms with van der Waals surface area (Å²) >= 11 is 2.81. The fraction of sp³-hybridized carbons (Fsp3) is 0.400. The minimum Gasteiger partial charge on any atom is -0.481 e. The lowest BCUT2D eigenvalue weighted by molar-refractivity contribution is -0.153. The number of rotatable bonds is 8. The SMILES string of the molecule is CCCC(C(=O)O)C(CSc1nc2ccccc2s1)C(=O)O. The minimum absolute atomic E-state index is 0.214. The van der Waals surface area contributed by atoms with Crippen LogP contribution >= 0.6 is 23.1 Å². The van der Waals surface area contributed by atoms with E-state index in [9.17, 15) is 19.8 Å². The van der Waals surface area contributed by atoms with Crippen molar-refractivity contribution in [2.75, 3.05) is 5.75 Å². The van der Waals surface area contributed by atoms with E-state index in [1.807, 2.05) is 31.2 Å². The Labute approximate surface area is 136 Å². The van der Waals surface area contributed by atoms with Crippen LogP contribution in [0.4, 0.5) is 0 Å². The number of benzene rings is 1. The van der Waals surface area contributed by atoms with E-state index in [0.29, 0.717) is 12.8 Å². The van der Waals surface area contributed by atoms with Crippen molar-refractivity contribution in [1.82, 2.24) is 4.98 Å². The standard InChI is InChI=1S/C15H17NO4S2/c1-2-5-9(13(17)18)10(14(19)20)8-21-15-16-11-6-3-4-7-12(11)22-15/h3-4,6-7,9-10H,2,5,8H2,1H3,(H,17,18)(H,19,20). The number of para-hydroxylation sites is 1. The summed E-state index contributed by atoms with van der Waals surface area (Å²) in [5, 5.41) is 18.6. The number of carboxylic acids is 2. The van der Waals surface area contributed by atoms with Gasteiger partial charge in [-0.05, 0) is 18.6 Å². The van der Waals surface area contributed by atoms with Crippen LogP contribution in [-0.2, 0) is 9.59 Å². The summed E-state index contributed by atoms with van der Waals surface area (Å²) in [7, 11) is 0. The molecule has 0 aliphatic rings. The Hall–Kier alpha value is -1.60. The van der Waals surface area contributed by atoms with Crippen LogP contribution in [0.2, 0.25) is 0 Å². The van der Waals surface area contributed by atoms with Crippen molar-refractivity contribution in [2.24, 2.45) is 11.8 Å². The van der Waals surface area contributed by atoms with Gasteiger partial charge in [-0.2, -0.15) is 0 Å². The number of thioether (sulfide) groups is 1. The Bertz CT molecular complexity index is 637. The second kappa shape index (κ2) is 7.60. The number of thiazole rings is 1. The van der Waals surface area contributed by atoms with Crippen molar-refractivity contribution in [3.8, 4) is 0 Å². The summed E-state index contributed by atoms with van der Waals surface area (Å²) in [5.41, 5.74) is 0.880. The van der Waals surface area contributed by atoms with E-state index in [-0.39, 0.29) is 5.75 Å². The third-order valence-electron chi connectivity index (χ3n) is 3.38. The van der Waals surface area contributed by atoms with E-state index in [4.69, 9.17) is 0 Å². The topological polar surface area (TPSA) is 87.5 Å². The molecule has 0 bridgehead atoms. The smallest absolute Gasteiger partial charge is 0.308 e. The highest BCUT2D eigenvalue weighted by molar-refractivity contribution is 8.01. The van der Waals surface area contributed by atoms with Crippen molar-refractivity contribution in [2.45, 2.75) is 24.1 Å². The van der Waals surface area contributed by atoms with E-state index in [2.05, 4.69) is 4.98 Å². The molecule has 7 heteroatoms. The average molecular weight is 339 g/mol. The Morgan fingerprint density at radius 1 is 1.23 bits per heavy atom. The molecule has 1 heterocycles. The normalized spacial score (nSPS) is 13.9. The number of fused-ring (bicyclic) bond motifs is 1. The monoisotopic (exact) mass is 339 g/mol. The number of carbonyl (C=O) groups is 2. The molecule has 2 atom stereocenters. The summed E-state index contributed by atoms with van der Waals surface area (Å²) in [4.78, 5) is 27.2. The van der Waals surface area contributed by atoms with Crippen LogP contribution in [0.5, 0.6) is 0 Å². The number of nitrogens with zero attached hydrogens (tertiary/aromatic N) is 1. The molecule has 0 amide bonds. The van der Waals surface area contributed by atoms with Gasteiger partial charge in [0.2, 0.25) is 0 Å². The summed E-state index contributed by atoms with van der Waals surface area (Å²) in [5.74, 6) is -3.65. The maximum Gasteiger partial charge on any atom is 0.308 e. The van der Waals surface area contributed by atoms with E-state index in [1.165, 1.54) is 23.1 Å². The third-order valence-corrected chi connectivity index (χ3v) is 5.68. The first-order valence-corrected chi connectivity index (χ1v) is 8.77. The van der Waals surface area contributed by atoms with E-state index >= 15 is 0 Å². The van der Waals surface area contributed by atoms with Crippen molar-refractivity contribution < 1.29 is 19.8 Å². The largest absolute Gasteiger partial charge is 0.481 e. The zero-order valence-electron chi connectivity index (χ0n) is 12.1. The maximum absolute atomic E-state index is 11.4. The molecule has 2 unspecified atom stereocenters. The summed E-state index contributed by atoms with van der Waals surface area (Å²) < 4.78 is 1.81. The number of aliphatic carboxylic acids is 2. The molecule has 2 rings (SSSR count). The average Bonchev–Trinajstić information content (AvgIpc) is 2.88. The Balaban J connectivity index is 2.10. The van der Waals surface area contributed by atoms with Gasteiger partial charge < -0.3 is 10.2 Å². The predicted molar refractivity (Wildman–Crippen MR) is 87.5 cm³/mol. The van der Waals surface area contributed by atoms with Gasteiger partial charge in [0.1, 0.15) is 0 Å². The van der Waals surface area contributed by atoms with E-state index in [1.54, 1.807) is 0 Å². The molecule has 0 aliphatic carbocycles. The molecule has 0 radical (unpaired) electrons. The molecule has 118 valence electrons. The lowest BCUT2D eigenvalue weighted by Crippen LogP contribution is -2.31. The van der Waals surface area contributed by atoms with E-state index in [0.717, 1.165) is 14.6 Å². The van der Waals surface area contributed by atoms with Gasteiger partial charge in [-0.15, -0.1) is 11.3 Å². The molecule has 1 aromatic carbocycles. The van der Waals surface area contributed by atoms with Crippen molar-refractivity contribution >= 4 is 45.3 Å². The summed E-state index contributed by atoms with van der Waals surface area (Å²) in [6.07, 6.45) is 1.01. The van der Waals surface area contributed by atoms with Gasteiger partial charge in [-0.1, -0.05) is 37.2 Å². The van der Waals surface area contributed by atoms with Crippen LogP contribution in [0.15, 0.2) is 28.6 Å². The fourth-order valence-electron chi connectivity index (χ4n) is 2.24. The Kier molecular flexibility index (Phi) is 5.79. The molecule has 1 aromatic heterocycles.